The summed E-state index contributed by atoms with van der Waals surface area (Å²) in [4.78, 5) is 14.9. The standard InChI is InChI=1S/C31H37N6O/c1-23(2)20-35-12-10-27(11-13-35)37-22-26(18-33-37)30-19-32-29-5-3-4-28(31(29)34-30)25-8-6-24(7-9-25)21-36-14-16-38-17-15-36/h3-9,18-19,22,27H,10-17,20-21H2,1-2H3. The van der Waals surface area contributed by atoms with Gasteiger partial charge in [0, 0.05) is 56.6 Å². The molecule has 0 bridgehead atoms. The highest BCUT2D eigenvalue weighted by molar-refractivity contribution is 5.92. The first-order valence-electron chi connectivity index (χ1n) is 13.8. The van der Waals surface area contributed by atoms with Crippen molar-refractivity contribution in [3.05, 3.63) is 72.5 Å². The summed E-state index contributed by atoms with van der Waals surface area (Å²) in [5.41, 5.74) is 7.32. The van der Waals surface area contributed by atoms with Crippen LogP contribution in [-0.4, -0.2) is 75.5 Å². The van der Waals surface area contributed by atoms with Crippen LogP contribution in [0.5, 0.6) is 0 Å². The summed E-state index contributed by atoms with van der Waals surface area (Å²) in [5, 5.41) is 4.73. The Morgan fingerprint density at radius 3 is 2.45 bits per heavy atom. The predicted molar refractivity (Wildman–Crippen MR) is 152 cm³/mol. The van der Waals surface area contributed by atoms with E-state index in [9.17, 15) is 0 Å². The maximum atomic E-state index is 5.48. The number of fused-ring (bicyclic) bond motifs is 1. The molecule has 2 aromatic carbocycles. The van der Waals surface area contributed by atoms with Crippen LogP contribution in [0.15, 0.2) is 61.1 Å². The molecule has 2 aromatic heterocycles. The minimum Gasteiger partial charge on any atom is -0.379 e. The number of nitrogens with zero attached hydrogens (tertiary/aromatic N) is 6. The largest absolute Gasteiger partial charge is 0.379 e. The molecule has 2 aliphatic heterocycles. The molecule has 0 amide bonds. The van der Waals surface area contributed by atoms with Gasteiger partial charge in [0.25, 0.3) is 0 Å². The number of hydrogen-bond donors (Lipinski definition) is 0. The van der Waals surface area contributed by atoms with Gasteiger partial charge in [-0.2, -0.15) is 5.10 Å². The minimum absolute atomic E-state index is 0.442. The van der Waals surface area contributed by atoms with Gasteiger partial charge in [0.15, 0.2) is 0 Å². The summed E-state index contributed by atoms with van der Waals surface area (Å²) in [6, 6.07) is 15.6. The van der Waals surface area contributed by atoms with Gasteiger partial charge >= 0.3 is 0 Å². The molecule has 6 rings (SSSR count). The molecule has 2 saturated heterocycles. The molecule has 0 saturated carbocycles. The maximum absolute atomic E-state index is 5.48. The van der Waals surface area contributed by atoms with Crippen molar-refractivity contribution in [1.82, 2.24) is 29.5 Å². The summed E-state index contributed by atoms with van der Waals surface area (Å²) < 4.78 is 7.62. The summed E-state index contributed by atoms with van der Waals surface area (Å²) in [7, 11) is 0. The number of para-hydroxylation sites is 1. The van der Waals surface area contributed by atoms with Crippen LogP contribution in [0, 0.1) is 5.92 Å². The summed E-state index contributed by atoms with van der Waals surface area (Å²) in [6.45, 7) is 12.4. The average molecular weight is 510 g/mol. The molecule has 7 nitrogen and oxygen atoms in total. The Morgan fingerprint density at radius 2 is 1.68 bits per heavy atom. The lowest BCUT2D eigenvalue weighted by atomic mass is 10.0. The fourth-order valence-electron chi connectivity index (χ4n) is 5.67. The van der Waals surface area contributed by atoms with Crippen molar-refractivity contribution >= 4 is 11.0 Å². The fraction of sp³-hybridized carbons (Fsp3) is 0.419. The quantitative estimate of drug-likeness (QED) is 0.339. The van der Waals surface area contributed by atoms with Crippen LogP contribution >= 0.6 is 0 Å². The zero-order valence-corrected chi connectivity index (χ0v) is 22.5. The van der Waals surface area contributed by atoms with Crippen molar-refractivity contribution in [1.29, 1.82) is 0 Å². The minimum atomic E-state index is 0.442. The Balaban J connectivity index is 1.20. The highest BCUT2D eigenvalue weighted by Crippen LogP contribution is 2.30. The SMILES string of the molecule is C[C](C)CN1CCC(n2cc(-c3cnc4cccc(-c5ccc(CN6CCOCC6)cc5)c4n3)cn2)CC1. The Hall–Kier alpha value is -3.13. The number of morpholine rings is 1. The third kappa shape index (κ3) is 5.65. The maximum Gasteiger partial charge on any atom is 0.0972 e. The van der Waals surface area contributed by atoms with Gasteiger partial charge in [0.1, 0.15) is 0 Å². The van der Waals surface area contributed by atoms with E-state index in [1.807, 2.05) is 18.5 Å². The van der Waals surface area contributed by atoms with Crippen LogP contribution in [-0.2, 0) is 11.3 Å². The van der Waals surface area contributed by atoms with Crippen LogP contribution in [0.4, 0.5) is 0 Å². The molecule has 0 N–H and O–H groups in total. The van der Waals surface area contributed by atoms with E-state index < -0.39 is 0 Å². The van der Waals surface area contributed by atoms with Crippen molar-refractivity contribution in [2.45, 2.75) is 39.3 Å². The molecule has 0 aliphatic carbocycles. The van der Waals surface area contributed by atoms with Gasteiger partial charge in [-0.3, -0.25) is 14.6 Å². The molecule has 0 spiro atoms. The first kappa shape index (κ1) is 25.2. The monoisotopic (exact) mass is 509 g/mol. The van der Waals surface area contributed by atoms with Gasteiger partial charge in [0.05, 0.1) is 48.4 Å². The Bertz CT molecular complexity index is 1350. The Kier molecular flexibility index (Phi) is 7.49. The first-order chi connectivity index (χ1) is 18.6. The molecule has 197 valence electrons. The van der Waals surface area contributed by atoms with Gasteiger partial charge in [-0.15, -0.1) is 0 Å². The number of aromatic nitrogens is 4. The van der Waals surface area contributed by atoms with Gasteiger partial charge < -0.3 is 9.64 Å². The second-order valence-electron chi connectivity index (χ2n) is 10.9. The lowest BCUT2D eigenvalue weighted by Gasteiger charge is -2.32. The van der Waals surface area contributed by atoms with E-state index in [0.717, 1.165) is 98.7 Å². The molecular formula is C31H37N6O. The van der Waals surface area contributed by atoms with E-state index in [2.05, 4.69) is 70.9 Å². The summed E-state index contributed by atoms with van der Waals surface area (Å²) in [5.74, 6) is 1.48. The number of piperidine rings is 1. The lowest BCUT2D eigenvalue weighted by Crippen LogP contribution is -2.36. The molecule has 2 fully saturated rings. The number of ether oxygens (including phenoxy) is 1. The van der Waals surface area contributed by atoms with Crippen LogP contribution < -0.4 is 0 Å². The zero-order valence-electron chi connectivity index (χ0n) is 22.5. The molecular weight excluding hydrogens is 472 g/mol. The van der Waals surface area contributed by atoms with Gasteiger partial charge in [-0.25, -0.2) is 4.98 Å². The van der Waals surface area contributed by atoms with Crippen LogP contribution in [0.3, 0.4) is 0 Å². The second kappa shape index (κ2) is 11.3. The van der Waals surface area contributed by atoms with Crippen molar-refractivity contribution in [2.24, 2.45) is 0 Å². The highest BCUT2D eigenvalue weighted by atomic mass is 16.5. The number of benzene rings is 2. The molecule has 2 aliphatic rings. The lowest BCUT2D eigenvalue weighted by molar-refractivity contribution is 0.0342. The molecule has 4 heterocycles. The first-order valence-corrected chi connectivity index (χ1v) is 13.8. The van der Waals surface area contributed by atoms with E-state index in [1.54, 1.807) is 0 Å². The fourth-order valence-corrected chi connectivity index (χ4v) is 5.67. The second-order valence-corrected chi connectivity index (χ2v) is 10.9. The number of rotatable bonds is 7. The number of hydrogen-bond acceptors (Lipinski definition) is 6. The molecule has 38 heavy (non-hydrogen) atoms. The normalized spacial score (nSPS) is 18.0. The third-order valence-electron chi connectivity index (χ3n) is 7.72. The number of likely N-dealkylation sites (tertiary alicyclic amines) is 1. The van der Waals surface area contributed by atoms with Gasteiger partial charge in [0.2, 0.25) is 0 Å². The van der Waals surface area contributed by atoms with Gasteiger partial charge in [-0.05, 0) is 36.0 Å². The van der Waals surface area contributed by atoms with E-state index >= 15 is 0 Å². The highest BCUT2D eigenvalue weighted by Gasteiger charge is 2.22. The zero-order chi connectivity index (χ0) is 25.9. The molecule has 1 radical (unpaired) electrons. The van der Waals surface area contributed by atoms with Crippen molar-refractivity contribution in [2.75, 3.05) is 45.9 Å². The molecule has 7 heteroatoms. The van der Waals surface area contributed by atoms with Crippen molar-refractivity contribution < 1.29 is 4.74 Å². The average Bonchev–Trinajstić information content (AvgIpc) is 3.44. The smallest absolute Gasteiger partial charge is 0.0972 e. The predicted octanol–water partition coefficient (Wildman–Crippen LogP) is 5.24. The van der Waals surface area contributed by atoms with Crippen LogP contribution in [0.1, 0.15) is 38.3 Å². The van der Waals surface area contributed by atoms with E-state index in [4.69, 9.17) is 19.8 Å². The van der Waals surface area contributed by atoms with Crippen LogP contribution in [0.25, 0.3) is 33.4 Å². The molecule has 4 aromatic rings. The van der Waals surface area contributed by atoms with Crippen molar-refractivity contribution in [3.63, 3.8) is 0 Å². The molecule has 0 unspecified atom stereocenters. The Labute approximate surface area is 225 Å². The topological polar surface area (TPSA) is 59.3 Å². The Morgan fingerprint density at radius 1 is 0.895 bits per heavy atom. The van der Waals surface area contributed by atoms with E-state index in [0.29, 0.717) is 6.04 Å². The third-order valence-corrected chi connectivity index (χ3v) is 7.72. The van der Waals surface area contributed by atoms with Gasteiger partial charge in [-0.1, -0.05) is 50.2 Å². The summed E-state index contributed by atoms with van der Waals surface area (Å²) >= 11 is 0. The molecule has 0 atom stereocenters. The van der Waals surface area contributed by atoms with E-state index in [-0.39, 0.29) is 0 Å². The van der Waals surface area contributed by atoms with Crippen molar-refractivity contribution in [3.8, 4) is 22.4 Å². The summed E-state index contributed by atoms with van der Waals surface area (Å²) in [6.07, 6.45) is 8.22. The van der Waals surface area contributed by atoms with Crippen LogP contribution in [0.2, 0.25) is 0 Å². The van der Waals surface area contributed by atoms with E-state index in [1.165, 1.54) is 11.5 Å².